The zero-order valence-electron chi connectivity index (χ0n) is 13.6. The van der Waals surface area contributed by atoms with Crippen molar-refractivity contribution >= 4 is 5.95 Å². The number of hydrogen-bond acceptors (Lipinski definition) is 3. The van der Waals surface area contributed by atoms with Gasteiger partial charge in [0.05, 0.1) is 0 Å². The molecule has 0 aromatic carbocycles. The van der Waals surface area contributed by atoms with Gasteiger partial charge >= 0.3 is 0 Å². The summed E-state index contributed by atoms with van der Waals surface area (Å²) < 4.78 is 0. The molecule has 0 saturated carbocycles. The largest absolute Gasteiger partial charge is 0.338 e. The standard InChI is InChI=1S/C14H25N3.C2H6/c1-5-8-12(4)17(11-6-2)14-15-10-9-13(7-3)16-14;1-2/h9-10,12H,5-8,11H2,1-4H3;1-2H3. The summed E-state index contributed by atoms with van der Waals surface area (Å²) in [7, 11) is 0. The van der Waals surface area contributed by atoms with E-state index in [-0.39, 0.29) is 0 Å². The van der Waals surface area contributed by atoms with E-state index in [1.807, 2.05) is 26.1 Å². The van der Waals surface area contributed by atoms with E-state index in [9.17, 15) is 0 Å². The van der Waals surface area contributed by atoms with Gasteiger partial charge in [0.25, 0.3) is 0 Å². The first kappa shape index (κ1) is 17.9. The Morgan fingerprint density at radius 1 is 1.16 bits per heavy atom. The summed E-state index contributed by atoms with van der Waals surface area (Å²) in [5.41, 5.74) is 1.12. The summed E-state index contributed by atoms with van der Waals surface area (Å²) in [5.74, 6) is 0.896. The van der Waals surface area contributed by atoms with Crippen molar-refractivity contribution in [2.45, 2.75) is 73.3 Å². The first-order valence-electron chi connectivity index (χ1n) is 7.81. The van der Waals surface area contributed by atoms with Crippen LogP contribution in [-0.4, -0.2) is 22.6 Å². The molecular formula is C16H31N3. The highest BCUT2D eigenvalue weighted by Gasteiger charge is 2.15. The normalized spacial score (nSPS) is 11.5. The topological polar surface area (TPSA) is 29.0 Å². The molecule has 1 aromatic rings. The quantitative estimate of drug-likeness (QED) is 0.728. The predicted octanol–water partition coefficient (Wildman–Crippen LogP) is 4.47. The van der Waals surface area contributed by atoms with Gasteiger partial charge in [-0.2, -0.15) is 0 Å². The Morgan fingerprint density at radius 2 is 1.84 bits per heavy atom. The second-order valence-electron chi connectivity index (χ2n) is 4.53. The van der Waals surface area contributed by atoms with Crippen LogP contribution in [0.5, 0.6) is 0 Å². The lowest BCUT2D eigenvalue weighted by Gasteiger charge is -2.29. The molecule has 3 heteroatoms. The Morgan fingerprint density at radius 3 is 2.37 bits per heavy atom. The SMILES string of the molecule is CC.CCCC(C)N(CCC)c1nccc(CC)n1. The first-order valence-corrected chi connectivity index (χ1v) is 7.81. The molecule has 1 rings (SSSR count). The maximum absolute atomic E-state index is 4.63. The van der Waals surface area contributed by atoms with Gasteiger partial charge in [0, 0.05) is 24.5 Å². The second-order valence-corrected chi connectivity index (χ2v) is 4.53. The molecule has 3 nitrogen and oxygen atoms in total. The highest BCUT2D eigenvalue weighted by molar-refractivity contribution is 5.31. The molecule has 110 valence electrons. The number of hydrogen-bond donors (Lipinski definition) is 0. The maximum Gasteiger partial charge on any atom is 0.225 e. The Kier molecular flexibility index (Phi) is 10.1. The first-order chi connectivity index (χ1) is 9.22. The Labute approximate surface area is 119 Å². The molecule has 0 bridgehead atoms. The summed E-state index contributed by atoms with van der Waals surface area (Å²) in [6.07, 6.45) is 6.38. The number of rotatable bonds is 7. The fourth-order valence-corrected chi connectivity index (χ4v) is 2.05. The van der Waals surface area contributed by atoms with Gasteiger partial charge in [-0.15, -0.1) is 0 Å². The van der Waals surface area contributed by atoms with Gasteiger partial charge in [-0.3, -0.25) is 0 Å². The summed E-state index contributed by atoms with van der Waals surface area (Å²) in [6.45, 7) is 13.9. The third-order valence-electron chi connectivity index (χ3n) is 3.02. The van der Waals surface area contributed by atoms with Crippen LogP contribution in [0.2, 0.25) is 0 Å². The fraction of sp³-hybridized carbons (Fsp3) is 0.750. The van der Waals surface area contributed by atoms with E-state index in [0.717, 1.165) is 31.0 Å². The van der Waals surface area contributed by atoms with Crippen LogP contribution >= 0.6 is 0 Å². The molecule has 0 spiro atoms. The highest BCUT2D eigenvalue weighted by atomic mass is 15.3. The second kappa shape index (κ2) is 10.8. The van der Waals surface area contributed by atoms with Gasteiger partial charge in [0.2, 0.25) is 5.95 Å². The lowest BCUT2D eigenvalue weighted by atomic mass is 10.1. The van der Waals surface area contributed by atoms with Crippen molar-refractivity contribution in [2.24, 2.45) is 0 Å². The summed E-state index contributed by atoms with van der Waals surface area (Å²) >= 11 is 0. The van der Waals surface area contributed by atoms with Gasteiger partial charge < -0.3 is 4.90 Å². The minimum absolute atomic E-state index is 0.520. The monoisotopic (exact) mass is 265 g/mol. The average molecular weight is 265 g/mol. The van der Waals surface area contributed by atoms with Crippen molar-refractivity contribution < 1.29 is 0 Å². The molecule has 0 aliphatic rings. The van der Waals surface area contributed by atoms with E-state index in [0.29, 0.717) is 6.04 Å². The van der Waals surface area contributed by atoms with Crippen LogP contribution in [0.3, 0.4) is 0 Å². The van der Waals surface area contributed by atoms with Crippen molar-refractivity contribution in [3.8, 4) is 0 Å². The molecule has 1 aromatic heterocycles. The van der Waals surface area contributed by atoms with E-state index in [1.165, 1.54) is 12.8 Å². The molecule has 0 N–H and O–H groups in total. The van der Waals surface area contributed by atoms with E-state index in [4.69, 9.17) is 0 Å². The van der Waals surface area contributed by atoms with Crippen molar-refractivity contribution in [3.05, 3.63) is 18.0 Å². The number of anilines is 1. The van der Waals surface area contributed by atoms with E-state index in [2.05, 4.69) is 42.6 Å². The average Bonchev–Trinajstić information content (AvgIpc) is 2.47. The van der Waals surface area contributed by atoms with Crippen LogP contribution in [0.4, 0.5) is 5.95 Å². The van der Waals surface area contributed by atoms with E-state index in [1.54, 1.807) is 0 Å². The summed E-state index contributed by atoms with van der Waals surface area (Å²) in [4.78, 5) is 11.4. The Hall–Kier alpha value is -1.12. The number of aryl methyl sites for hydroxylation is 1. The van der Waals surface area contributed by atoms with Gasteiger partial charge in [0.1, 0.15) is 0 Å². The molecule has 0 amide bonds. The molecule has 1 atom stereocenters. The molecule has 0 saturated heterocycles. The van der Waals surface area contributed by atoms with Crippen molar-refractivity contribution in [1.29, 1.82) is 0 Å². The highest BCUT2D eigenvalue weighted by Crippen LogP contribution is 2.15. The predicted molar refractivity (Wildman–Crippen MR) is 84.8 cm³/mol. The third-order valence-corrected chi connectivity index (χ3v) is 3.02. The van der Waals surface area contributed by atoms with Crippen LogP contribution in [0.15, 0.2) is 12.3 Å². The Bertz CT molecular complexity index is 326. The summed E-state index contributed by atoms with van der Waals surface area (Å²) in [6, 6.07) is 2.52. The minimum Gasteiger partial charge on any atom is -0.338 e. The molecule has 0 aliphatic heterocycles. The van der Waals surface area contributed by atoms with Crippen molar-refractivity contribution in [1.82, 2.24) is 9.97 Å². The molecule has 0 fully saturated rings. The smallest absolute Gasteiger partial charge is 0.225 e. The van der Waals surface area contributed by atoms with Crippen molar-refractivity contribution in [3.63, 3.8) is 0 Å². The lowest BCUT2D eigenvalue weighted by molar-refractivity contribution is 0.564. The minimum atomic E-state index is 0.520. The molecule has 1 unspecified atom stereocenters. The molecule has 19 heavy (non-hydrogen) atoms. The van der Waals surface area contributed by atoms with Gasteiger partial charge in [-0.05, 0) is 32.3 Å². The van der Waals surface area contributed by atoms with Crippen LogP contribution in [-0.2, 0) is 6.42 Å². The van der Waals surface area contributed by atoms with Crippen LogP contribution < -0.4 is 4.90 Å². The van der Waals surface area contributed by atoms with E-state index >= 15 is 0 Å². The van der Waals surface area contributed by atoms with Crippen LogP contribution in [0.1, 0.15) is 66.5 Å². The van der Waals surface area contributed by atoms with Crippen molar-refractivity contribution in [2.75, 3.05) is 11.4 Å². The zero-order chi connectivity index (χ0) is 14.7. The molecule has 0 radical (unpaired) electrons. The zero-order valence-corrected chi connectivity index (χ0v) is 13.6. The molecule has 1 heterocycles. The van der Waals surface area contributed by atoms with E-state index < -0.39 is 0 Å². The maximum atomic E-state index is 4.63. The lowest BCUT2D eigenvalue weighted by Crippen LogP contribution is -2.35. The third kappa shape index (κ3) is 6.04. The fourth-order valence-electron chi connectivity index (χ4n) is 2.05. The Balaban J connectivity index is 0.00000154. The van der Waals surface area contributed by atoms with Crippen LogP contribution in [0.25, 0.3) is 0 Å². The summed E-state index contributed by atoms with van der Waals surface area (Å²) in [5, 5.41) is 0. The molecule has 0 aliphatic carbocycles. The van der Waals surface area contributed by atoms with Gasteiger partial charge in [-0.1, -0.05) is 41.0 Å². The van der Waals surface area contributed by atoms with Gasteiger partial charge in [0.15, 0.2) is 0 Å². The van der Waals surface area contributed by atoms with Crippen LogP contribution in [0, 0.1) is 0 Å². The number of aromatic nitrogens is 2. The van der Waals surface area contributed by atoms with Gasteiger partial charge in [-0.25, -0.2) is 9.97 Å². The molecular weight excluding hydrogens is 234 g/mol. The number of nitrogens with zero attached hydrogens (tertiary/aromatic N) is 3.